The highest BCUT2D eigenvalue weighted by Crippen LogP contribution is 2.61. The largest absolute Gasteiger partial charge is 0.417 e. The number of halogens is 3. The summed E-state index contributed by atoms with van der Waals surface area (Å²) in [6, 6.07) is 0.282. The predicted octanol–water partition coefficient (Wildman–Crippen LogP) is 2.32. The van der Waals surface area contributed by atoms with Gasteiger partial charge in [-0.3, -0.25) is 4.79 Å². The lowest BCUT2D eigenvalue weighted by molar-refractivity contribution is -0.173. The Bertz CT molecular complexity index is 626. The van der Waals surface area contributed by atoms with Crippen LogP contribution in [0.1, 0.15) is 29.7 Å². The quantitative estimate of drug-likeness (QED) is 0.858. The molecule has 3 aliphatic carbocycles. The van der Waals surface area contributed by atoms with E-state index in [0.29, 0.717) is 10.8 Å². The van der Waals surface area contributed by atoms with Crippen LogP contribution >= 0.6 is 11.3 Å². The molecule has 3 amide bonds. The number of nitrogens with one attached hydrogen (secondary N) is 1. The van der Waals surface area contributed by atoms with Gasteiger partial charge in [-0.15, -0.1) is 11.3 Å². The van der Waals surface area contributed by atoms with Gasteiger partial charge < -0.3 is 16.0 Å². The average molecular weight is 347 g/mol. The molecule has 1 heterocycles. The van der Waals surface area contributed by atoms with E-state index in [1.807, 2.05) is 0 Å². The number of rotatable bonds is 5. The Kier molecular flexibility index (Phi) is 3.78. The van der Waals surface area contributed by atoms with Crippen molar-refractivity contribution in [3.8, 4) is 0 Å². The van der Waals surface area contributed by atoms with E-state index in [9.17, 15) is 22.8 Å². The average Bonchev–Trinajstić information content (AvgIpc) is 2.79. The summed E-state index contributed by atoms with van der Waals surface area (Å²) in [6.07, 6.45) is -1.74. The molecule has 0 spiro atoms. The molecule has 5 nitrogen and oxygen atoms in total. The molecule has 3 N–H and O–H groups in total. The Labute approximate surface area is 134 Å². The standard InChI is InChI=1S/C14H16F3N3O2S/c15-14(16,17)9-1-10(23-7-9)6-20(11(21)5-19-12(18)22)13-2-8(3-13)4-13/h1,7-8H,2-6H2,(H3,18,19,22). The smallest absolute Gasteiger partial charge is 0.352 e. The molecule has 0 saturated heterocycles. The number of thiophene rings is 1. The number of alkyl halides is 3. The number of amides is 3. The van der Waals surface area contributed by atoms with Crippen molar-refractivity contribution in [2.45, 2.75) is 37.5 Å². The summed E-state index contributed by atoms with van der Waals surface area (Å²) >= 11 is 0.989. The van der Waals surface area contributed by atoms with E-state index in [0.717, 1.165) is 42.0 Å². The summed E-state index contributed by atoms with van der Waals surface area (Å²) < 4.78 is 38.1. The second kappa shape index (κ2) is 5.40. The fourth-order valence-electron chi connectivity index (χ4n) is 3.31. The Balaban J connectivity index is 1.72. The van der Waals surface area contributed by atoms with E-state index in [1.165, 1.54) is 0 Å². The highest BCUT2D eigenvalue weighted by Gasteiger charge is 2.61. The minimum atomic E-state index is -4.38. The fraction of sp³-hybridized carbons (Fsp3) is 0.571. The number of hydrogen-bond acceptors (Lipinski definition) is 3. The summed E-state index contributed by atoms with van der Waals surface area (Å²) in [4.78, 5) is 25.2. The van der Waals surface area contributed by atoms with Gasteiger partial charge in [0.2, 0.25) is 5.91 Å². The first-order chi connectivity index (χ1) is 10.7. The van der Waals surface area contributed by atoms with Crippen LogP contribution in [-0.2, 0) is 17.5 Å². The summed E-state index contributed by atoms with van der Waals surface area (Å²) in [5.41, 5.74) is 4.02. The highest BCUT2D eigenvalue weighted by molar-refractivity contribution is 7.10. The van der Waals surface area contributed by atoms with Crippen molar-refractivity contribution in [2.24, 2.45) is 11.7 Å². The van der Waals surface area contributed by atoms with Gasteiger partial charge in [-0.2, -0.15) is 13.2 Å². The molecule has 0 unspecified atom stereocenters. The monoisotopic (exact) mass is 347 g/mol. The second-order valence-electron chi connectivity index (χ2n) is 6.20. The van der Waals surface area contributed by atoms with Crippen molar-refractivity contribution in [1.29, 1.82) is 0 Å². The number of primary amides is 1. The maximum atomic E-state index is 12.7. The van der Waals surface area contributed by atoms with E-state index in [2.05, 4.69) is 5.32 Å². The Morgan fingerprint density at radius 1 is 1.39 bits per heavy atom. The molecule has 23 heavy (non-hydrogen) atoms. The molecular weight excluding hydrogens is 331 g/mol. The lowest BCUT2D eigenvalue weighted by Gasteiger charge is -2.66. The minimum absolute atomic E-state index is 0.132. The molecule has 1 aromatic heterocycles. The van der Waals surface area contributed by atoms with Crippen molar-refractivity contribution >= 4 is 23.3 Å². The molecule has 2 bridgehead atoms. The lowest BCUT2D eigenvalue weighted by atomic mass is 9.49. The normalized spacial score (nSPS) is 25.3. The number of nitrogens with zero attached hydrogens (tertiary/aromatic N) is 1. The van der Waals surface area contributed by atoms with Gasteiger partial charge >= 0.3 is 12.2 Å². The fourth-order valence-corrected chi connectivity index (χ4v) is 4.19. The number of urea groups is 1. The lowest BCUT2D eigenvalue weighted by Crippen LogP contribution is -2.69. The second-order valence-corrected chi connectivity index (χ2v) is 7.20. The maximum Gasteiger partial charge on any atom is 0.417 e. The van der Waals surface area contributed by atoms with E-state index in [4.69, 9.17) is 5.73 Å². The van der Waals surface area contributed by atoms with Crippen LogP contribution in [0.15, 0.2) is 11.4 Å². The van der Waals surface area contributed by atoms with Crippen molar-refractivity contribution in [2.75, 3.05) is 6.54 Å². The predicted molar refractivity (Wildman–Crippen MR) is 77.5 cm³/mol. The molecular formula is C14H16F3N3O2S. The first-order valence-corrected chi connectivity index (χ1v) is 8.06. The van der Waals surface area contributed by atoms with Crippen LogP contribution in [-0.4, -0.2) is 28.9 Å². The van der Waals surface area contributed by atoms with Gasteiger partial charge in [0.25, 0.3) is 0 Å². The van der Waals surface area contributed by atoms with Crippen LogP contribution in [0.4, 0.5) is 18.0 Å². The molecule has 1 aromatic rings. The molecule has 0 aliphatic heterocycles. The van der Waals surface area contributed by atoms with Gasteiger partial charge in [-0.05, 0) is 31.2 Å². The van der Waals surface area contributed by atoms with E-state index >= 15 is 0 Å². The van der Waals surface area contributed by atoms with Gasteiger partial charge in [0, 0.05) is 15.8 Å². The van der Waals surface area contributed by atoms with E-state index < -0.39 is 17.8 Å². The third kappa shape index (κ3) is 3.01. The zero-order chi connectivity index (χ0) is 16.8. The van der Waals surface area contributed by atoms with E-state index in [-0.39, 0.29) is 24.5 Å². The Morgan fingerprint density at radius 3 is 2.48 bits per heavy atom. The third-order valence-electron chi connectivity index (χ3n) is 4.59. The molecule has 4 rings (SSSR count). The summed E-state index contributed by atoms with van der Waals surface area (Å²) in [6.45, 7) is -0.105. The topological polar surface area (TPSA) is 75.4 Å². The minimum Gasteiger partial charge on any atom is -0.352 e. The summed E-state index contributed by atoms with van der Waals surface area (Å²) in [5, 5.41) is 3.31. The van der Waals surface area contributed by atoms with Crippen LogP contribution in [0.5, 0.6) is 0 Å². The SMILES string of the molecule is NC(=O)NCC(=O)N(Cc1cc(C(F)(F)F)cs1)C12CC(C1)C2. The Morgan fingerprint density at radius 2 is 2.04 bits per heavy atom. The summed E-state index contributed by atoms with van der Waals surface area (Å²) in [5.74, 6) is 0.299. The number of hydrogen-bond donors (Lipinski definition) is 2. The van der Waals surface area contributed by atoms with Crippen molar-refractivity contribution in [1.82, 2.24) is 10.2 Å². The molecule has 3 fully saturated rings. The number of nitrogens with two attached hydrogens (primary N) is 1. The Hall–Kier alpha value is -1.77. The van der Waals surface area contributed by atoms with Crippen LogP contribution in [0.25, 0.3) is 0 Å². The van der Waals surface area contributed by atoms with Crippen LogP contribution in [0, 0.1) is 5.92 Å². The summed E-state index contributed by atoms with van der Waals surface area (Å²) in [7, 11) is 0. The third-order valence-corrected chi connectivity index (χ3v) is 5.51. The molecule has 9 heteroatoms. The molecule has 0 aromatic carbocycles. The first kappa shape index (κ1) is 16.1. The van der Waals surface area contributed by atoms with Gasteiger partial charge in [0.1, 0.15) is 0 Å². The number of carbonyl (C=O) groups excluding carboxylic acids is 2. The molecule has 126 valence electrons. The van der Waals surface area contributed by atoms with Crippen molar-refractivity contribution in [3.05, 3.63) is 21.9 Å². The highest BCUT2D eigenvalue weighted by atomic mass is 32.1. The molecule has 0 radical (unpaired) electrons. The zero-order valence-corrected chi connectivity index (χ0v) is 13.0. The van der Waals surface area contributed by atoms with Crippen LogP contribution in [0.3, 0.4) is 0 Å². The van der Waals surface area contributed by atoms with Gasteiger partial charge in [0.15, 0.2) is 0 Å². The molecule has 3 aliphatic rings. The van der Waals surface area contributed by atoms with Crippen LogP contribution < -0.4 is 11.1 Å². The van der Waals surface area contributed by atoms with Gasteiger partial charge in [-0.1, -0.05) is 0 Å². The van der Waals surface area contributed by atoms with Gasteiger partial charge in [0.05, 0.1) is 18.7 Å². The number of carbonyl (C=O) groups is 2. The van der Waals surface area contributed by atoms with Crippen molar-refractivity contribution in [3.63, 3.8) is 0 Å². The van der Waals surface area contributed by atoms with Gasteiger partial charge in [-0.25, -0.2) is 4.79 Å². The molecule has 0 atom stereocenters. The first-order valence-electron chi connectivity index (χ1n) is 7.18. The zero-order valence-electron chi connectivity index (χ0n) is 12.2. The molecule has 3 saturated carbocycles. The van der Waals surface area contributed by atoms with E-state index in [1.54, 1.807) is 4.90 Å². The van der Waals surface area contributed by atoms with Crippen molar-refractivity contribution < 1.29 is 22.8 Å². The maximum absolute atomic E-state index is 12.7. The van der Waals surface area contributed by atoms with Crippen LogP contribution in [0.2, 0.25) is 0 Å².